The smallest absolute Gasteiger partial charge is 0.410 e. The number of nitrogens with zero attached hydrogens (tertiary/aromatic N) is 2. The van der Waals surface area contributed by atoms with Gasteiger partial charge < -0.3 is 24.6 Å². The Hall–Kier alpha value is -2.48. The molecular formula is C30H44ClN3O5. The molecule has 39 heavy (non-hydrogen) atoms. The number of carbonyl (C=O) groups is 3. The summed E-state index contributed by atoms with van der Waals surface area (Å²) in [5.41, 5.74) is 0.208. The summed E-state index contributed by atoms with van der Waals surface area (Å²) in [5, 5.41) is 3.45. The van der Waals surface area contributed by atoms with Gasteiger partial charge in [0.2, 0.25) is 5.91 Å². The average molecular weight is 562 g/mol. The summed E-state index contributed by atoms with van der Waals surface area (Å²) in [6.45, 7) is 9.76. The van der Waals surface area contributed by atoms with Gasteiger partial charge in [-0.2, -0.15) is 0 Å². The number of alkyl carbamates (subject to hydrolysis) is 1. The van der Waals surface area contributed by atoms with Crippen LogP contribution in [0.2, 0.25) is 5.02 Å². The standard InChI is InChI=1S/C30H44ClN3O5/c1-21-19-38-28(37)34(21)20-30(23-8-6-5-7-9-23)14-16-33(17-15-30)26(35)25(32-27(36)39-29(2,3)4)18-22-10-12-24(31)13-11-22/h10-13,21,23,25H,5-9,14-20H2,1-4H3,(H,32,36)/t21-,25-/m0/s1. The number of rotatable bonds is 7. The SMILES string of the molecule is C[C@H]1COC(=O)N1CC1(C2CCCCC2)CCN(C(=O)[C@H](Cc2ccc(Cl)cc2)NC(=O)OC(C)(C)C)CC1. The number of amides is 3. The van der Waals surface area contributed by atoms with Gasteiger partial charge in [0, 0.05) is 31.1 Å². The van der Waals surface area contributed by atoms with Crippen molar-refractivity contribution >= 4 is 29.7 Å². The fraction of sp³-hybridized carbons (Fsp3) is 0.700. The number of cyclic esters (lactones) is 1. The van der Waals surface area contributed by atoms with Gasteiger partial charge in [-0.05, 0) is 82.4 Å². The van der Waals surface area contributed by atoms with Crippen LogP contribution in [-0.4, -0.2) is 71.8 Å². The number of likely N-dealkylation sites (tertiary alicyclic amines) is 1. The monoisotopic (exact) mass is 561 g/mol. The van der Waals surface area contributed by atoms with E-state index in [9.17, 15) is 14.4 Å². The maximum atomic E-state index is 13.9. The van der Waals surface area contributed by atoms with Crippen LogP contribution in [-0.2, 0) is 20.7 Å². The van der Waals surface area contributed by atoms with E-state index in [0.29, 0.717) is 43.6 Å². The highest BCUT2D eigenvalue weighted by molar-refractivity contribution is 6.30. The quantitative estimate of drug-likeness (QED) is 0.454. The van der Waals surface area contributed by atoms with Gasteiger partial charge in [-0.3, -0.25) is 4.79 Å². The van der Waals surface area contributed by atoms with Crippen LogP contribution < -0.4 is 5.32 Å². The van der Waals surface area contributed by atoms with Crippen molar-refractivity contribution in [1.82, 2.24) is 15.1 Å². The molecule has 0 bridgehead atoms. The highest BCUT2D eigenvalue weighted by Crippen LogP contribution is 2.47. The molecule has 1 aliphatic carbocycles. The molecule has 0 aromatic heterocycles. The third-order valence-corrected chi connectivity index (χ3v) is 8.84. The summed E-state index contributed by atoms with van der Waals surface area (Å²) >= 11 is 6.06. The van der Waals surface area contributed by atoms with Crippen molar-refractivity contribution in [2.24, 2.45) is 11.3 Å². The zero-order chi connectivity index (χ0) is 28.2. The number of nitrogens with one attached hydrogen (secondary N) is 1. The first-order chi connectivity index (χ1) is 18.5. The number of ether oxygens (including phenoxy) is 2. The number of hydrogen-bond acceptors (Lipinski definition) is 5. The van der Waals surface area contributed by atoms with Crippen LogP contribution in [0.3, 0.4) is 0 Å². The number of piperidine rings is 1. The third kappa shape index (κ3) is 7.59. The largest absolute Gasteiger partial charge is 0.447 e. The van der Waals surface area contributed by atoms with Crippen LogP contribution >= 0.6 is 11.6 Å². The molecule has 0 radical (unpaired) electrons. The summed E-state index contributed by atoms with van der Waals surface area (Å²) < 4.78 is 10.8. The second kappa shape index (κ2) is 12.4. The molecular weight excluding hydrogens is 518 g/mol. The Labute approximate surface area is 237 Å². The molecule has 1 saturated carbocycles. The van der Waals surface area contributed by atoms with Crippen molar-refractivity contribution in [3.05, 3.63) is 34.9 Å². The second-order valence-electron chi connectivity index (χ2n) is 12.6. The Balaban J connectivity index is 1.49. The first-order valence-corrected chi connectivity index (χ1v) is 14.8. The van der Waals surface area contributed by atoms with Gasteiger partial charge >= 0.3 is 12.2 Å². The summed E-state index contributed by atoms with van der Waals surface area (Å²) in [5.74, 6) is 0.427. The minimum Gasteiger partial charge on any atom is -0.447 e. The molecule has 2 atom stereocenters. The lowest BCUT2D eigenvalue weighted by Gasteiger charge is -2.50. The van der Waals surface area contributed by atoms with Gasteiger partial charge in [-0.15, -0.1) is 0 Å². The van der Waals surface area contributed by atoms with E-state index in [-0.39, 0.29) is 23.5 Å². The number of benzene rings is 1. The lowest BCUT2D eigenvalue weighted by atomic mass is 9.63. The van der Waals surface area contributed by atoms with Crippen molar-refractivity contribution in [3.8, 4) is 0 Å². The molecule has 3 aliphatic rings. The van der Waals surface area contributed by atoms with E-state index in [1.807, 2.05) is 28.9 Å². The normalized spacial score (nSPS) is 22.8. The molecule has 1 N–H and O–H groups in total. The van der Waals surface area contributed by atoms with Gasteiger partial charge in [0.1, 0.15) is 18.2 Å². The second-order valence-corrected chi connectivity index (χ2v) is 13.0. The number of carbonyl (C=O) groups excluding carboxylic acids is 3. The maximum Gasteiger partial charge on any atom is 0.410 e. The minimum absolute atomic E-state index is 0.0287. The van der Waals surface area contributed by atoms with Crippen LogP contribution in [0.4, 0.5) is 9.59 Å². The summed E-state index contributed by atoms with van der Waals surface area (Å²) in [7, 11) is 0. The minimum atomic E-state index is -0.753. The van der Waals surface area contributed by atoms with E-state index < -0.39 is 17.7 Å². The van der Waals surface area contributed by atoms with Crippen LogP contribution in [0.15, 0.2) is 24.3 Å². The van der Waals surface area contributed by atoms with Gasteiger partial charge in [0.15, 0.2) is 0 Å². The highest BCUT2D eigenvalue weighted by Gasteiger charge is 2.47. The van der Waals surface area contributed by atoms with Crippen molar-refractivity contribution in [2.45, 2.75) is 96.7 Å². The summed E-state index contributed by atoms with van der Waals surface area (Å²) in [6.07, 6.45) is 7.23. The molecule has 9 heteroatoms. The van der Waals surface area contributed by atoms with Gasteiger partial charge in [0.25, 0.3) is 0 Å². The summed E-state index contributed by atoms with van der Waals surface area (Å²) in [6, 6.07) is 6.64. The Kier molecular flexibility index (Phi) is 9.35. The van der Waals surface area contributed by atoms with E-state index in [2.05, 4.69) is 5.32 Å². The van der Waals surface area contributed by atoms with E-state index >= 15 is 0 Å². The molecule has 3 amide bonds. The third-order valence-electron chi connectivity index (χ3n) is 8.58. The van der Waals surface area contributed by atoms with Crippen LogP contribution in [0.25, 0.3) is 0 Å². The van der Waals surface area contributed by atoms with Crippen LogP contribution in [0.1, 0.15) is 78.2 Å². The summed E-state index contributed by atoms with van der Waals surface area (Å²) in [4.78, 5) is 42.8. The molecule has 1 aromatic rings. The molecule has 1 aromatic carbocycles. The van der Waals surface area contributed by atoms with Crippen molar-refractivity contribution in [1.29, 1.82) is 0 Å². The average Bonchev–Trinajstić information content (AvgIpc) is 3.21. The van der Waals surface area contributed by atoms with Crippen molar-refractivity contribution in [2.75, 3.05) is 26.2 Å². The highest BCUT2D eigenvalue weighted by atomic mass is 35.5. The Morgan fingerprint density at radius 2 is 1.77 bits per heavy atom. The maximum absolute atomic E-state index is 13.9. The fourth-order valence-corrected chi connectivity index (χ4v) is 6.54. The van der Waals surface area contributed by atoms with Gasteiger partial charge in [0.05, 0.1) is 6.04 Å². The van der Waals surface area contributed by atoms with Crippen molar-refractivity contribution in [3.63, 3.8) is 0 Å². The Morgan fingerprint density at radius 1 is 1.13 bits per heavy atom. The molecule has 2 aliphatic heterocycles. The van der Waals surface area contributed by atoms with Crippen molar-refractivity contribution < 1.29 is 23.9 Å². The lowest BCUT2D eigenvalue weighted by Crippen LogP contribution is -2.56. The lowest BCUT2D eigenvalue weighted by molar-refractivity contribution is -0.137. The topological polar surface area (TPSA) is 88.2 Å². The predicted molar refractivity (Wildman–Crippen MR) is 151 cm³/mol. The molecule has 4 rings (SSSR count). The fourth-order valence-electron chi connectivity index (χ4n) is 6.41. The Morgan fingerprint density at radius 3 is 2.33 bits per heavy atom. The molecule has 3 fully saturated rings. The van der Waals surface area contributed by atoms with Crippen LogP contribution in [0.5, 0.6) is 0 Å². The number of halogens is 1. The van der Waals surface area contributed by atoms with Gasteiger partial charge in [-0.1, -0.05) is 43.0 Å². The molecule has 2 saturated heterocycles. The molecule has 8 nitrogen and oxygen atoms in total. The zero-order valence-electron chi connectivity index (χ0n) is 23.8. The number of hydrogen-bond donors (Lipinski definition) is 1. The molecule has 216 valence electrons. The van der Waals surface area contributed by atoms with E-state index in [4.69, 9.17) is 21.1 Å². The van der Waals surface area contributed by atoms with Gasteiger partial charge in [-0.25, -0.2) is 9.59 Å². The predicted octanol–water partition coefficient (Wildman–Crippen LogP) is 5.81. The molecule has 0 unspecified atom stereocenters. The van der Waals surface area contributed by atoms with E-state index in [0.717, 1.165) is 18.4 Å². The Bertz CT molecular complexity index is 1010. The zero-order valence-corrected chi connectivity index (χ0v) is 24.6. The molecule has 0 spiro atoms. The van der Waals surface area contributed by atoms with E-state index in [1.54, 1.807) is 32.9 Å². The van der Waals surface area contributed by atoms with E-state index in [1.165, 1.54) is 32.1 Å². The first-order valence-electron chi connectivity index (χ1n) is 14.4. The molecule has 2 heterocycles. The van der Waals surface area contributed by atoms with Crippen LogP contribution in [0, 0.1) is 11.3 Å². The first kappa shape index (κ1) is 29.5.